The van der Waals surface area contributed by atoms with Crippen molar-refractivity contribution >= 4 is 11.7 Å². The van der Waals surface area contributed by atoms with Crippen LogP contribution in [0.4, 0.5) is 14.9 Å². The van der Waals surface area contributed by atoms with Gasteiger partial charge in [0.2, 0.25) is 0 Å². The monoisotopic (exact) mass is 421 g/mol. The molecule has 0 atom stereocenters. The van der Waals surface area contributed by atoms with Crippen LogP contribution in [0.2, 0.25) is 0 Å². The van der Waals surface area contributed by atoms with Gasteiger partial charge >= 0.3 is 6.03 Å². The molecule has 2 N–H and O–H groups in total. The Bertz CT molecular complexity index is 966. The summed E-state index contributed by atoms with van der Waals surface area (Å²) in [7, 11) is 0. The van der Waals surface area contributed by atoms with Gasteiger partial charge in [0.05, 0.1) is 39.3 Å². The molecule has 160 valence electrons. The minimum absolute atomic E-state index is 0.124. The molecule has 0 bridgehead atoms. The van der Waals surface area contributed by atoms with Gasteiger partial charge in [-0.3, -0.25) is 0 Å². The van der Waals surface area contributed by atoms with Gasteiger partial charge in [-0.05, 0) is 50.3 Å². The number of nitrogens with zero attached hydrogens (tertiary/aromatic N) is 4. The van der Waals surface area contributed by atoms with Crippen LogP contribution in [-0.2, 0) is 0 Å². The van der Waals surface area contributed by atoms with Crippen LogP contribution in [0, 0.1) is 28.5 Å². The van der Waals surface area contributed by atoms with E-state index < -0.39 is 0 Å². The molecule has 2 aliphatic heterocycles. The smallest absolute Gasteiger partial charge is 0.322 e. The number of anilines is 1. The summed E-state index contributed by atoms with van der Waals surface area (Å²) in [4.78, 5) is 17.8. The Kier molecular flexibility index (Phi) is 7.07. The first kappa shape index (κ1) is 22.1. The van der Waals surface area contributed by atoms with Crippen molar-refractivity contribution in [1.82, 2.24) is 9.80 Å². The molecule has 8 heteroatoms. The first-order valence-electron chi connectivity index (χ1n) is 10.2. The quantitative estimate of drug-likeness (QED) is 0.729. The highest BCUT2D eigenvalue weighted by Crippen LogP contribution is 2.23. The highest BCUT2D eigenvalue weighted by atomic mass is 19.1. The van der Waals surface area contributed by atoms with Crippen LogP contribution in [0.5, 0.6) is 0 Å². The standard InChI is InChI=1S/C23H25FN6O/c1-17-13-19(20(15-25)16-26)14-18(2)30(17)12-9-28-7-10-29(11-8-28)23(31)27-22-5-3-21(24)4-6-22/h3-6,13-14H,7-12H2,1-2H3,(H,27,31)/p+1. The minimum Gasteiger partial charge on any atom is -0.344 e. The molecular weight excluding hydrogens is 395 g/mol. The lowest BCUT2D eigenvalue weighted by Gasteiger charge is -2.35. The molecule has 2 amide bonds. The number of urea groups is 1. The zero-order valence-corrected chi connectivity index (χ0v) is 17.8. The molecule has 0 radical (unpaired) electrons. The number of carbonyl (C=O) groups excluding carboxylic acids is 1. The summed E-state index contributed by atoms with van der Waals surface area (Å²) in [6.45, 7) is 8.74. The molecule has 2 aliphatic rings. The Labute approximate surface area is 181 Å². The Balaban J connectivity index is 1.49. The predicted molar refractivity (Wildman–Crippen MR) is 115 cm³/mol. The molecule has 0 aliphatic carbocycles. The molecule has 0 spiro atoms. The summed E-state index contributed by atoms with van der Waals surface area (Å²) in [6, 6.07) is 9.48. The number of hydrogen-bond acceptors (Lipinski definition) is 4. The first-order chi connectivity index (χ1) is 14.9. The summed E-state index contributed by atoms with van der Waals surface area (Å²) >= 11 is 0. The summed E-state index contributed by atoms with van der Waals surface area (Å²) in [5, 5.41) is 21.0. The average Bonchev–Trinajstić information content (AvgIpc) is 2.76. The maximum Gasteiger partial charge on any atom is 0.322 e. The molecule has 1 fully saturated rings. The number of rotatable bonds is 4. The number of quaternary nitrogens is 1. The van der Waals surface area contributed by atoms with Crippen molar-refractivity contribution in [1.29, 1.82) is 10.5 Å². The van der Waals surface area contributed by atoms with Gasteiger partial charge in [-0.15, -0.1) is 0 Å². The number of nitriles is 2. The molecule has 0 aromatic heterocycles. The summed E-state index contributed by atoms with van der Waals surface area (Å²) in [5.41, 5.74) is 3.38. The summed E-state index contributed by atoms with van der Waals surface area (Å²) < 4.78 is 13.0. The van der Waals surface area contributed by atoms with E-state index in [2.05, 4.69) is 10.2 Å². The van der Waals surface area contributed by atoms with Crippen LogP contribution in [0.1, 0.15) is 13.8 Å². The zero-order chi connectivity index (χ0) is 22.4. The van der Waals surface area contributed by atoms with E-state index in [9.17, 15) is 9.18 Å². The van der Waals surface area contributed by atoms with Gasteiger partial charge in [0.1, 0.15) is 23.5 Å². The van der Waals surface area contributed by atoms with Gasteiger partial charge in [-0.2, -0.15) is 10.5 Å². The topological polar surface area (TPSA) is 87.6 Å². The van der Waals surface area contributed by atoms with Crippen molar-refractivity contribution < 1.29 is 14.1 Å². The van der Waals surface area contributed by atoms with Gasteiger partial charge in [0, 0.05) is 22.7 Å². The van der Waals surface area contributed by atoms with Crippen LogP contribution in [0.25, 0.3) is 0 Å². The molecule has 3 rings (SSSR count). The fourth-order valence-corrected chi connectivity index (χ4v) is 3.86. The third kappa shape index (κ3) is 5.50. The van der Waals surface area contributed by atoms with Crippen molar-refractivity contribution in [3.05, 3.63) is 64.8 Å². The average molecular weight is 422 g/mol. The van der Waals surface area contributed by atoms with Crippen LogP contribution in [0.15, 0.2) is 59.0 Å². The summed E-state index contributed by atoms with van der Waals surface area (Å²) in [6.07, 6.45) is 3.75. The molecule has 1 aromatic carbocycles. The van der Waals surface area contributed by atoms with Crippen molar-refractivity contribution in [2.75, 3.05) is 44.6 Å². The molecular formula is C23H26FN6O+. The number of amides is 2. The van der Waals surface area contributed by atoms with E-state index in [-0.39, 0.29) is 17.4 Å². The Morgan fingerprint density at radius 1 is 1.10 bits per heavy atom. The maximum atomic E-state index is 13.0. The fourth-order valence-electron chi connectivity index (χ4n) is 3.86. The maximum absolute atomic E-state index is 13.0. The number of hydrogen-bond donors (Lipinski definition) is 2. The lowest BCUT2D eigenvalue weighted by molar-refractivity contribution is -0.903. The van der Waals surface area contributed by atoms with E-state index in [0.717, 1.165) is 37.6 Å². The van der Waals surface area contributed by atoms with Crippen LogP contribution >= 0.6 is 0 Å². The third-order valence-electron chi connectivity index (χ3n) is 5.63. The predicted octanol–water partition coefficient (Wildman–Crippen LogP) is 2.03. The lowest BCUT2D eigenvalue weighted by Crippen LogP contribution is -3.15. The van der Waals surface area contributed by atoms with Gasteiger partial charge < -0.3 is 20.0 Å². The molecule has 0 unspecified atom stereocenters. The Morgan fingerprint density at radius 2 is 1.68 bits per heavy atom. The Morgan fingerprint density at radius 3 is 2.23 bits per heavy atom. The van der Waals surface area contributed by atoms with Crippen molar-refractivity contribution in [3.63, 3.8) is 0 Å². The normalized spacial score (nSPS) is 16.7. The van der Waals surface area contributed by atoms with Crippen molar-refractivity contribution in [2.24, 2.45) is 0 Å². The van der Waals surface area contributed by atoms with Crippen molar-refractivity contribution in [3.8, 4) is 12.1 Å². The van der Waals surface area contributed by atoms with Gasteiger partial charge in [-0.25, -0.2) is 9.18 Å². The van der Waals surface area contributed by atoms with E-state index in [0.29, 0.717) is 24.4 Å². The van der Waals surface area contributed by atoms with Gasteiger partial charge in [0.15, 0.2) is 0 Å². The largest absolute Gasteiger partial charge is 0.344 e. The molecule has 1 saturated heterocycles. The van der Waals surface area contributed by atoms with E-state index in [1.54, 1.807) is 17.0 Å². The molecule has 2 heterocycles. The van der Waals surface area contributed by atoms with E-state index in [4.69, 9.17) is 10.5 Å². The zero-order valence-electron chi connectivity index (χ0n) is 17.8. The second kappa shape index (κ2) is 9.92. The van der Waals surface area contributed by atoms with Gasteiger partial charge in [0.25, 0.3) is 0 Å². The van der Waals surface area contributed by atoms with Gasteiger partial charge in [-0.1, -0.05) is 0 Å². The first-order valence-corrected chi connectivity index (χ1v) is 10.2. The molecule has 31 heavy (non-hydrogen) atoms. The minimum atomic E-state index is -0.332. The molecule has 0 saturated carbocycles. The second-order valence-electron chi connectivity index (χ2n) is 7.70. The van der Waals surface area contributed by atoms with Crippen LogP contribution < -0.4 is 10.2 Å². The molecule has 1 aromatic rings. The third-order valence-corrected chi connectivity index (χ3v) is 5.63. The summed E-state index contributed by atoms with van der Waals surface area (Å²) in [5.74, 6) is -0.332. The highest BCUT2D eigenvalue weighted by Gasteiger charge is 2.25. The number of benzene rings is 1. The van der Waals surface area contributed by atoms with E-state index >= 15 is 0 Å². The number of piperazine rings is 1. The lowest BCUT2D eigenvalue weighted by atomic mass is 10.0. The number of carbonyl (C=O) groups is 1. The highest BCUT2D eigenvalue weighted by molar-refractivity contribution is 5.89. The van der Waals surface area contributed by atoms with Crippen LogP contribution in [-0.4, -0.2) is 55.1 Å². The number of halogens is 1. The van der Waals surface area contributed by atoms with E-state index in [1.807, 2.05) is 38.1 Å². The van der Waals surface area contributed by atoms with Crippen molar-refractivity contribution in [2.45, 2.75) is 13.8 Å². The SMILES string of the molecule is CC1=CC(=C(C#N)C#N)C=C(C)N1CC[NH+]1CCN(C(=O)Nc2ccc(F)cc2)CC1. The Hall–Kier alpha value is -3.62. The van der Waals surface area contributed by atoms with Crippen LogP contribution in [0.3, 0.4) is 0 Å². The fraction of sp³-hybridized carbons (Fsp3) is 0.348. The second-order valence-corrected chi connectivity index (χ2v) is 7.70. The van der Waals surface area contributed by atoms with E-state index in [1.165, 1.54) is 17.0 Å². The number of allylic oxidation sites excluding steroid dienone is 6. The number of nitrogens with one attached hydrogen (secondary N) is 2. The molecule has 7 nitrogen and oxygen atoms in total.